The Labute approximate surface area is 166 Å². The van der Waals surface area contributed by atoms with Gasteiger partial charge in [0.1, 0.15) is 0 Å². The molecule has 0 aromatic carbocycles. The van der Waals surface area contributed by atoms with Crippen molar-refractivity contribution in [1.29, 1.82) is 0 Å². The van der Waals surface area contributed by atoms with E-state index < -0.39 is 0 Å². The Kier molecular flexibility index (Phi) is 236. The summed E-state index contributed by atoms with van der Waals surface area (Å²) < 4.78 is 0. The van der Waals surface area contributed by atoms with E-state index in [0.29, 0.717) is 0 Å². The molecule has 0 aromatic heterocycles. The second-order valence-electron chi connectivity index (χ2n) is 0. The molecule has 0 heterocycles. The van der Waals surface area contributed by atoms with Crippen molar-refractivity contribution in [3.63, 3.8) is 0 Å². The first-order valence-electron chi connectivity index (χ1n) is 0. The number of halogens is 3. The van der Waals surface area contributed by atoms with E-state index in [1.54, 1.807) is 0 Å². The maximum atomic E-state index is 0. The molecule has 0 atom stereocenters. The molecule has 6 heavy (non-hydrogen) atoms. The molecule has 0 radical (unpaired) electrons. The predicted octanol–water partition coefficient (Wildman–Crippen LogP) is -1.93. The van der Waals surface area contributed by atoms with Gasteiger partial charge in [-0.2, -0.15) is 0 Å². The Balaban J connectivity index is 0. The third kappa shape index (κ3) is 23.0. The van der Waals surface area contributed by atoms with Crippen LogP contribution in [0.2, 0.25) is 0 Å². The molecule has 0 saturated heterocycles. The van der Waals surface area contributed by atoms with Crippen molar-refractivity contribution < 1.29 is 58.5 Å². The van der Waals surface area contributed by atoms with Crippen LogP contribution in [-0.4, -0.2) is 75.5 Å². The number of rotatable bonds is 0. The fourth-order valence-electron chi connectivity index (χ4n) is 0. The molecule has 0 N–H and O–H groups in total. The zero-order chi connectivity index (χ0) is 0. The van der Waals surface area contributed by atoms with Crippen molar-refractivity contribution in [2.24, 2.45) is 0 Å². The van der Waals surface area contributed by atoms with Gasteiger partial charge >= 0.3 is 127 Å². The molecule has 0 fully saturated rings. The molecular weight excluding hydrogens is 226 g/mol. The van der Waals surface area contributed by atoms with Crippen molar-refractivity contribution in [2.45, 2.75) is 0 Å². The standard InChI is InChI=1S/2Ca.3ClH.K.5H/h;;3*1H;;;;;;/q2*+2;;;;+1;5*-1. The van der Waals surface area contributed by atoms with E-state index in [1.807, 2.05) is 0 Å². The van der Waals surface area contributed by atoms with Crippen LogP contribution >= 0.6 is 37.2 Å². The van der Waals surface area contributed by atoms with Gasteiger partial charge < -0.3 is 7.13 Å². The average Bonchev–Trinajstić information content (AvgIpc) is 0. The van der Waals surface area contributed by atoms with Gasteiger partial charge in [0.15, 0.2) is 0 Å². The van der Waals surface area contributed by atoms with Crippen LogP contribution in [0.15, 0.2) is 0 Å². The van der Waals surface area contributed by atoms with Gasteiger partial charge in [0, 0.05) is 0 Å². The van der Waals surface area contributed by atoms with Gasteiger partial charge in [-0.05, 0) is 0 Å². The van der Waals surface area contributed by atoms with Gasteiger partial charge in [-0.15, -0.1) is 37.2 Å². The van der Waals surface area contributed by atoms with Crippen LogP contribution in [0.25, 0.3) is 0 Å². The molecule has 0 spiro atoms. The topological polar surface area (TPSA) is 0 Å². The van der Waals surface area contributed by atoms with Gasteiger partial charge in [0.25, 0.3) is 0 Å². The maximum absolute atomic E-state index is 0. The maximum Gasteiger partial charge on any atom is 2.00 e. The van der Waals surface area contributed by atoms with Crippen LogP contribution in [-0.2, 0) is 0 Å². The molecule has 0 aliphatic carbocycles. The van der Waals surface area contributed by atoms with Gasteiger partial charge in [-0.25, -0.2) is 0 Å². The van der Waals surface area contributed by atoms with Crippen molar-refractivity contribution in [2.75, 3.05) is 0 Å². The summed E-state index contributed by atoms with van der Waals surface area (Å²) in [7, 11) is 0. The quantitative estimate of drug-likeness (QED) is 0.428. The normalized spacial score (nSPS) is 0. The molecule has 0 aliphatic rings. The van der Waals surface area contributed by atoms with Crippen molar-refractivity contribution >= 4 is 113 Å². The minimum atomic E-state index is 0. The van der Waals surface area contributed by atoms with Crippen molar-refractivity contribution in [3.05, 3.63) is 0 Å². The molecular formula is H8Ca2Cl3K. The van der Waals surface area contributed by atoms with Gasteiger partial charge in [0.2, 0.25) is 0 Å². The zero-order valence-electron chi connectivity index (χ0n) is 8.64. The molecule has 6 heteroatoms. The third-order valence-corrected chi connectivity index (χ3v) is 0. The minimum Gasteiger partial charge on any atom is -1.00 e. The summed E-state index contributed by atoms with van der Waals surface area (Å²) >= 11 is 0. The van der Waals surface area contributed by atoms with E-state index in [4.69, 9.17) is 0 Å². The monoisotopic (exact) mass is 232 g/mol. The van der Waals surface area contributed by atoms with E-state index in [-0.39, 0.29) is 171 Å². The molecule has 0 aliphatic heterocycles. The Bertz CT molecular complexity index is 19.7. The zero-order valence-corrected chi connectivity index (χ0v) is 13.6. The molecule has 0 aromatic rings. The van der Waals surface area contributed by atoms with E-state index in [2.05, 4.69) is 0 Å². The summed E-state index contributed by atoms with van der Waals surface area (Å²) in [5, 5.41) is 0. The first-order chi connectivity index (χ1) is 0. The molecule has 0 amide bonds. The predicted molar refractivity (Wildman–Crippen MR) is 38.8 cm³/mol. The molecule has 0 unspecified atom stereocenters. The van der Waals surface area contributed by atoms with Gasteiger partial charge in [-0.1, -0.05) is 0 Å². The van der Waals surface area contributed by atoms with Crippen molar-refractivity contribution in [3.8, 4) is 0 Å². The van der Waals surface area contributed by atoms with E-state index >= 15 is 0 Å². The molecule has 34 valence electrons. The summed E-state index contributed by atoms with van der Waals surface area (Å²) in [6.07, 6.45) is 0. The van der Waals surface area contributed by atoms with E-state index in [9.17, 15) is 0 Å². The van der Waals surface area contributed by atoms with E-state index in [1.165, 1.54) is 0 Å². The Morgan fingerprint density at radius 2 is 0.667 bits per heavy atom. The molecule has 0 rings (SSSR count). The van der Waals surface area contributed by atoms with Crippen LogP contribution in [0.3, 0.4) is 0 Å². The van der Waals surface area contributed by atoms with Crippen LogP contribution in [0.1, 0.15) is 7.13 Å². The number of hydrogen-bond acceptors (Lipinski definition) is 0. The van der Waals surface area contributed by atoms with Gasteiger partial charge in [0.05, 0.1) is 0 Å². The summed E-state index contributed by atoms with van der Waals surface area (Å²) in [6, 6.07) is 0. The first kappa shape index (κ1) is 43.9. The Hall–Kier alpha value is 5.03. The Morgan fingerprint density at radius 1 is 0.667 bits per heavy atom. The van der Waals surface area contributed by atoms with E-state index in [0.717, 1.165) is 0 Å². The van der Waals surface area contributed by atoms with Crippen LogP contribution in [0.5, 0.6) is 0 Å². The summed E-state index contributed by atoms with van der Waals surface area (Å²) in [5.41, 5.74) is 0. The average molecular weight is 234 g/mol. The fraction of sp³-hybridized carbons (Fsp3) is 0. The first-order valence-corrected chi connectivity index (χ1v) is 0. The fourth-order valence-corrected chi connectivity index (χ4v) is 0. The van der Waals surface area contributed by atoms with Gasteiger partial charge in [-0.3, -0.25) is 0 Å². The molecule has 0 bridgehead atoms. The second kappa shape index (κ2) is 32.3. The van der Waals surface area contributed by atoms with Crippen LogP contribution in [0.4, 0.5) is 0 Å². The number of hydrogen-bond donors (Lipinski definition) is 0. The smallest absolute Gasteiger partial charge is 1.00 e. The Morgan fingerprint density at radius 3 is 0.667 bits per heavy atom. The van der Waals surface area contributed by atoms with Crippen molar-refractivity contribution in [1.82, 2.24) is 0 Å². The minimum absolute atomic E-state index is 0. The third-order valence-electron chi connectivity index (χ3n) is 0. The summed E-state index contributed by atoms with van der Waals surface area (Å²) in [6.45, 7) is 0. The molecule has 0 nitrogen and oxygen atoms in total. The van der Waals surface area contributed by atoms with Crippen LogP contribution < -0.4 is 51.4 Å². The van der Waals surface area contributed by atoms with Crippen LogP contribution in [0, 0.1) is 0 Å². The summed E-state index contributed by atoms with van der Waals surface area (Å²) in [4.78, 5) is 0. The SMILES string of the molecule is Cl.Cl.Cl.[Ca+2].[Ca+2].[H-].[H-].[H-].[H-].[H-].[K+]. The summed E-state index contributed by atoms with van der Waals surface area (Å²) in [5.74, 6) is 0. The molecule has 0 saturated carbocycles. The largest absolute Gasteiger partial charge is 2.00 e. The second-order valence-corrected chi connectivity index (χ2v) is 0.